The maximum absolute atomic E-state index is 11.9. The van der Waals surface area contributed by atoms with Crippen LogP contribution >= 0.6 is 11.3 Å². The van der Waals surface area contributed by atoms with E-state index in [2.05, 4.69) is 6.07 Å². The maximum Gasteiger partial charge on any atom is 0.185 e. The summed E-state index contributed by atoms with van der Waals surface area (Å²) in [5.74, 6) is 0.00552. The zero-order valence-electron chi connectivity index (χ0n) is 10.3. The van der Waals surface area contributed by atoms with Crippen molar-refractivity contribution < 1.29 is 9.90 Å². The third-order valence-electron chi connectivity index (χ3n) is 2.62. The van der Waals surface area contributed by atoms with Crippen molar-refractivity contribution in [2.45, 2.75) is 13.8 Å². The van der Waals surface area contributed by atoms with E-state index < -0.39 is 0 Å². The molecule has 0 aliphatic rings. The SMILES string of the molecule is Cc1cc(/C=C/C(=O)c2cccc(O)c2)c(C)s1. The number of aromatic hydroxyl groups is 1. The van der Waals surface area contributed by atoms with Gasteiger partial charge in [-0.15, -0.1) is 11.3 Å². The first-order valence-electron chi connectivity index (χ1n) is 5.65. The monoisotopic (exact) mass is 258 g/mol. The van der Waals surface area contributed by atoms with E-state index in [4.69, 9.17) is 0 Å². The van der Waals surface area contributed by atoms with Gasteiger partial charge in [-0.05, 0) is 49.8 Å². The molecule has 0 aliphatic carbocycles. The second-order valence-electron chi connectivity index (χ2n) is 4.12. The van der Waals surface area contributed by atoms with E-state index in [1.165, 1.54) is 15.8 Å². The molecule has 0 unspecified atom stereocenters. The first-order valence-corrected chi connectivity index (χ1v) is 6.46. The van der Waals surface area contributed by atoms with E-state index in [0.29, 0.717) is 5.56 Å². The average Bonchev–Trinajstić information content (AvgIpc) is 2.65. The number of allylic oxidation sites excluding steroid dienone is 1. The maximum atomic E-state index is 11.9. The lowest BCUT2D eigenvalue weighted by molar-refractivity contribution is 0.104. The number of benzene rings is 1. The number of thiophene rings is 1. The first-order chi connectivity index (χ1) is 8.56. The normalized spacial score (nSPS) is 11.0. The van der Waals surface area contributed by atoms with Gasteiger partial charge in [-0.1, -0.05) is 12.1 Å². The molecule has 0 saturated heterocycles. The summed E-state index contributed by atoms with van der Waals surface area (Å²) in [5, 5.41) is 9.32. The Kier molecular flexibility index (Phi) is 3.63. The van der Waals surface area contributed by atoms with E-state index in [1.54, 1.807) is 35.6 Å². The highest BCUT2D eigenvalue weighted by atomic mass is 32.1. The topological polar surface area (TPSA) is 37.3 Å². The number of hydrogen-bond acceptors (Lipinski definition) is 3. The lowest BCUT2D eigenvalue weighted by Gasteiger charge is -1.96. The quantitative estimate of drug-likeness (QED) is 0.668. The molecule has 0 atom stereocenters. The Bertz CT molecular complexity index is 609. The van der Waals surface area contributed by atoms with Gasteiger partial charge in [0.1, 0.15) is 5.75 Å². The molecule has 0 radical (unpaired) electrons. The van der Waals surface area contributed by atoms with E-state index in [9.17, 15) is 9.90 Å². The highest BCUT2D eigenvalue weighted by Crippen LogP contribution is 2.22. The van der Waals surface area contributed by atoms with E-state index in [1.807, 2.05) is 19.9 Å². The summed E-state index contributed by atoms with van der Waals surface area (Å²) in [6.45, 7) is 4.09. The molecule has 1 N–H and O–H groups in total. The van der Waals surface area contributed by atoms with Crippen LogP contribution in [0.25, 0.3) is 6.08 Å². The summed E-state index contributed by atoms with van der Waals surface area (Å²) < 4.78 is 0. The number of rotatable bonds is 3. The predicted octanol–water partition coefficient (Wildman–Crippen LogP) is 3.97. The largest absolute Gasteiger partial charge is 0.508 e. The molecule has 1 aromatic heterocycles. The fourth-order valence-electron chi connectivity index (χ4n) is 1.74. The molecule has 0 bridgehead atoms. The van der Waals surface area contributed by atoms with Crippen molar-refractivity contribution in [3.05, 3.63) is 57.3 Å². The number of aryl methyl sites for hydroxylation is 2. The van der Waals surface area contributed by atoms with E-state index >= 15 is 0 Å². The minimum Gasteiger partial charge on any atom is -0.508 e. The van der Waals surface area contributed by atoms with Crippen molar-refractivity contribution in [2.24, 2.45) is 0 Å². The van der Waals surface area contributed by atoms with Gasteiger partial charge in [0.05, 0.1) is 0 Å². The van der Waals surface area contributed by atoms with Gasteiger partial charge in [-0.2, -0.15) is 0 Å². The Morgan fingerprint density at radius 1 is 1.28 bits per heavy atom. The molecule has 0 aliphatic heterocycles. The Balaban J connectivity index is 2.19. The highest BCUT2D eigenvalue weighted by Gasteiger charge is 2.03. The number of carbonyl (C=O) groups is 1. The number of phenolic OH excluding ortho intramolecular Hbond substituents is 1. The van der Waals surface area contributed by atoms with Gasteiger partial charge < -0.3 is 5.11 Å². The van der Waals surface area contributed by atoms with Crippen LogP contribution in [0, 0.1) is 13.8 Å². The molecule has 0 amide bonds. The van der Waals surface area contributed by atoms with Crippen LogP contribution in [0.5, 0.6) is 5.75 Å². The molecule has 0 saturated carbocycles. The Morgan fingerprint density at radius 3 is 2.67 bits per heavy atom. The van der Waals surface area contributed by atoms with Gasteiger partial charge in [0.15, 0.2) is 5.78 Å². The molecule has 0 spiro atoms. The molecular weight excluding hydrogens is 244 g/mol. The highest BCUT2D eigenvalue weighted by molar-refractivity contribution is 7.12. The van der Waals surface area contributed by atoms with Gasteiger partial charge in [0, 0.05) is 15.3 Å². The van der Waals surface area contributed by atoms with Crippen LogP contribution < -0.4 is 0 Å². The number of phenols is 1. The van der Waals surface area contributed by atoms with Crippen LogP contribution in [0.1, 0.15) is 25.7 Å². The van der Waals surface area contributed by atoms with Gasteiger partial charge in [0.25, 0.3) is 0 Å². The zero-order chi connectivity index (χ0) is 13.1. The lowest BCUT2D eigenvalue weighted by Crippen LogP contribution is -1.93. The molecule has 2 rings (SSSR count). The van der Waals surface area contributed by atoms with E-state index in [0.717, 1.165) is 5.56 Å². The number of ketones is 1. The molecule has 1 aromatic carbocycles. The smallest absolute Gasteiger partial charge is 0.185 e. The summed E-state index contributed by atoms with van der Waals surface area (Å²) in [4.78, 5) is 14.3. The van der Waals surface area contributed by atoms with E-state index in [-0.39, 0.29) is 11.5 Å². The minimum absolute atomic E-state index is 0.103. The summed E-state index contributed by atoms with van der Waals surface area (Å²) in [6, 6.07) is 8.44. The standard InChI is InChI=1S/C15H14O2S/c1-10-8-12(11(2)18-10)6-7-15(17)13-4-3-5-14(16)9-13/h3-9,16H,1-2H3/b7-6+. The zero-order valence-corrected chi connectivity index (χ0v) is 11.1. The van der Waals surface area contributed by atoms with Gasteiger partial charge in [-0.3, -0.25) is 4.79 Å². The Labute approximate surface area is 110 Å². The van der Waals surface area contributed by atoms with Crippen LogP contribution in [0.15, 0.2) is 36.4 Å². The first kappa shape index (κ1) is 12.6. The van der Waals surface area contributed by atoms with Crippen molar-refractivity contribution in [1.82, 2.24) is 0 Å². The van der Waals surface area contributed by atoms with Crippen LogP contribution in [0.2, 0.25) is 0 Å². The molecule has 2 aromatic rings. The molecule has 1 heterocycles. The predicted molar refractivity (Wildman–Crippen MR) is 75.3 cm³/mol. The van der Waals surface area contributed by atoms with Crippen LogP contribution in [-0.2, 0) is 0 Å². The minimum atomic E-state index is -0.103. The second kappa shape index (κ2) is 5.19. The molecule has 92 valence electrons. The second-order valence-corrected chi connectivity index (χ2v) is 5.58. The summed E-state index contributed by atoms with van der Waals surface area (Å²) in [5.41, 5.74) is 1.57. The van der Waals surface area contributed by atoms with Crippen molar-refractivity contribution in [2.75, 3.05) is 0 Å². The number of hydrogen-bond donors (Lipinski definition) is 1. The molecule has 2 nitrogen and oxygen atoms in total. The summed E-state index contributed by atoms with van der Waals surface area (Å²) in [7, 11) is 0. The van der Waals surface area contributed by atoms with Crippen LogP contribution in [0.3, 0.4) is 0 Å². The summed E-state index contributed by atoms with van der Waals surface area (Å²) in [6.07, 6.45) is 3.37. The van der Waals surface area contributed by atoms with Crippen molar-refractivity contribution >= 4 is 23.2 Å². The number of carbonyl (C=O) groups excluding carboxylic acids is 1. The Hall–Kier alpha value is -1.87. The van der Waals surface area contributed by atoms with Crippen molar-refractivity contribution in [3.63, 3.8) is 0 Å². The van der Waals surface area contributed by atoms with Gasteiger partial charge in [0.2, 0.25) is 0 Å². The van der Waals surface area contributed by atoms with Crippen molar-refractivity contribution in [1.29, 1.82) is 0 Å². The Morgan fingerprint density at radius 2 is 2.06 bits per heavy atom. The third-order valence-corrected chi connectivity index (χ3v) is 3.61. The van der Waals surface area contributed by atoms with Crippen LogP contribution in [-0.4, -0.2) is 10.9 Å². The third kappa shape index (κ3) is 2.87. The molecule has 0 fully saturated rings. The fraction of sp³-hybridized carbons (Fsp3) is 0.133. The average molecular weight is 258 g/mol. The fourth-order valence-corrected chi connectivity index (χ4v) is 2.65. The molecular formula is C15H14O2S. The van der Waals surface area contributed by atoms with Gasteiger partial charge in [-0.25, -0.2) is 0 Å². The van der Waals surface area contributed by atoms with Gasteiger partial charge >= 0.3 is 0 Å². The van der Waals surface area contributed by atoms with Crippen LogP contribution in [0.4, 0.5) is 0 Å². The lowest BCUT2D eigenvalue weighted by atomic mass is 10.1. The summed E-state index contributed by atoms with van der Waals surface area (Å²) >= 11 is 1.72. The molecule has 3 heteroatoms. The van der Waals surface area contributed by atoms with Crippen molar-refractivity contribution in [3.8, 4) is 5.75 Å². The molecule has 18 heavy (non-hydrogen) atoms.